The number of rotatable bonds is 17. The van der Waals surface area contributed by atoms with E-state index in [1.807, 2.05) is 105 Å². The molecule has 0 aliphatic heterocycles. The minimum absolute atomic E-state index is 0.0297. The first-order chi connectivity index (χ1) is 23.7. The fraction of sp³-hybridized carbons (Fsp3) is 0.462. The second-order valence-electron chi connectivity index (χ2n) is 13.9. The van der Waals surface area contributed by atoms with Crippen LogP contribution in [0.4, 0.5) is 9.59 Å². The molecule has 0 fully saturated rings. The fourth-order valence-corrected chi connectivity index (χ4v) is 5.36. The molecule has 3 rings (SSSR count). The summed E-state index contributed by atoms with van der Waals surface area (Å²) >= 11 is 0. The maximum atomic E-state index is 13.6. The van der Waals surface area contributed by atoms with E-state index < -0.39 is 54.0 Å². The second-order valence-corrected chi connectivity index (χ2v) is 13.9. The predicted molar refractivity (Wildman–Crippen MR) is 193 cm³/mol. The Kier molecular flexibility index (Phi) is 15.7. The zero-order valence-electron chi connectivity index (χ0n) is 30.0. The average molecular weight is 691 g/mol. The Hall–Kier alpha value is -4.45. The molecule has 0 saturated heterocycles. The molecule has 0 aliphatic carbocycles. The van der Waals surface area contributed by atoms with Gasteiger partial charge in [-0.1, -0.05) is 105 Å². The average Bonchev–Trinajstić information content (AvgIpc) is 3.08. The van der Waals surface area contributed by atoms with E-state index in [0.717, 1.165) is 16.7 Å². The quantitative estimate of drug-likeness (QED) is 0.140. The van der Waals surface area contributed by atoms with Crippen LogP contribution in [-0.2, 0) is 33.7 Å². The molecule has 11 heteroatoms. The van der Waals surface area contributed by atoms with E-state index in [-0.39, 0.29) is 25.6 Å². The molecule has 272 valence electrons. The lowest BCUT2D eigenvalue weighted by atomic mass is 9.98. The van der Waals surface area contributed by atoms with Crippen LogP contribution in [0.2, 0.25) is 0 Å². The van der Waals surface area contributed by atoms with Crippen molar-refractivity contribution in [2.75, 3.05) is 20.1 Å². The number of aliphatic hydroxyl groups is 2. The van der Waals surface area contributed by atoms with Crippen LogP contribution in [0.3, 0.4) is 0 Å². The van der Waals surface area contributed by atoms with Crippen molar-refractivity contribution in [2.45, 2.75) is 90.0 Å². The molecule has 0 saturated carbocycles. The summed E-state index contributed by atoms with van der Waals surface area (Å²) in [6, 6.07) is 26.0. The van der Waals surface area contributed by atoms with Crippen LogP contribution >= 0.6 is 0 Å². The van der Waals surface area contributed by atoms with E-state index in [1.165, 1.54) is 4.90 Å². The van der Waals surface area contributed by atoms with Crippen molar-refractivity contribution in [3.63, 3.8) is 0 Å². The number of aliphatic hydroxyl groups excluding tert-OH is 2. The SMILES string of the molecule is CC(C)[C@H](NC(=O)OCc1ccccc1)C(=O)N[C@@H](Cc1ccccc1)[C@H](O)CNC[C@@H](O)[C@H](Cc1ccccc1)N(C)C(=O)OC(C)(C)C. The molecule has 0 radical (unpaired) electrons. The molecule has 0 aromatic heterocycles. The Balaban J connectivity index is 1.67. The Morgan fingerprint density at radius 1 is 0.740 bits per heavy atom. The summed E-state index contributed by atoms with van der Waals surface area (Å²) < 4.78 is 10.9. The summed E-state index contributed by atoms with van der Waals surface area (Å²) in [5.41, 5.74) is 1.95. The van der Waals surface area contributed by atoms with Gasteiger partial charge in [0.15, 0.2) is 0 Å². The predicted octanol–water partition coefficient (Wildman–Crippen LogP) is 4.45. The normalized spacial score (nSPS) is 14.5. The zero-order valence-corrected chi connectivity index (χ0v) is 30.0. The van der Waals surface area contributed by atoms with Crippen LogP contribution in [0.15, 0.2) is 91.0 Å². The standard InChI is InChI=1S/C39H54N4O7/c1-27(2)35(42-37(47)49-26-30-20-14-9-15-21-30)36(46)41-31(22-28-16-10-7-11-17-28)33(44)24-40-25-34(45)32(23-29-18-12-8-13-19-29)43(6)38(48)50-39(3,4)5/h7-21,27,31-35,40,44-45H,22-26H2,1-6H3,(H,41,46)(H,42,47)/t31-,32-,33+,34+,35-/m0/s1. The second kappa shape index (κ2) is 19.7. The number of nitrogens with one attached hydrogen (secondary N) is 3. The molecule has 0 aliphatic rings. The van der Waals surface area contributed by atoms with Crippen molar-refractivity contribution >= 4 is 18.1 Å². The number of benzene rings is 3. The molecule has 0 bridgehead atoms. The van der Waals surface area contributed by atoms with E-state index in [2.05, 4.69) is 16.0 Å². The molecule has 3 aromatic carbocycles. The lowest BCUT2D eigenvalue weighted by Gasteiger charge is -2.34. The first-order valence-electron chi connectivity index (χ1n) is 17.1. The van der Waals surface area contributed by atoms with Crippen LogP contribution in [0.1, 0.15) is 51.3 Å². The lowest BCUT2D eigenvalue weighted by Crippen LogP contribution is -2.57. The van der Waals surface area contributed by atoms with Gasteiger partial charge in [0.05, 0.1) is 24.3 Å². The summed E-state index contributed by atoms with van der Waals surface area (Å²) in [4.78, 5) is 40.6. The summed E-state index contributed by atoms with van der Waals surface area (Å²) in [5, 5.41) is 31.5. The van der Waals surface area contributed by atoms with Crippen LogP contribution in [-0.4, -0.2) is 89.3 Å². The van der Waals surface area contributed by atoms with Crippen LogP contribution in [0.25, 0.3) is 0 Å². The smallest absolute Gasteiger partial charge is 0.410 e. The highest BCUT2D eigenvalue weighted by atomic mass is 16.6. The van der Waals surface area contributed by atoms with Gasteiger partial charge in [0.25, 0.3) is 0 Å². The van der Waals surface area contributed by atoms with Gasteiger partial charge in [-0.2, -0.15) is 0 Å². The Labute approximate surface area is 296 Å². The van der Waals surface area contributed by atoms with E-state index in [9.17, 15) is 24.6 Å². The van der Waals surface area contributed by atoms with Gasteiger partial charge in [0.1, 0.15) is 18.2 Å². The highest BCUT2D eigenvalue weighted by molar-refractivity contribution is 5.86. The number of ether oxygens (including phenoxy) is 2. The highest BCUT2D eigenvalue weighted by Gasteiger charge is 2.32. The third-order valence-corrected chi connectivity index (χ3v) is 8.14. The number of hydrogen-bond donors (Lipinski definition) is 5. The van der Waals surface area contributed by atoms with E-state index in [4.69, 9.17) is 9.47 Å². The van der Waals surface area contributed by atoms with Gasteiger partial charge in [-0.15, -0.1) is 0 Å². The highest BCUT2D eigenvalue weighted by Crippen LogP contribution is 2.17. The van der Waals surface area contributed by atoms with Crippen LogP contribution in [0.5, 0.6) is 0 Å². The molecule has 11 nitrogen and oxygen atoms in total. The van der Waals surface area contributed by atoms with Crippen molar-refractivity contribution in [1.29, 1.82) is 0 Å². The largest absolute Gasteiger partial charge is 0.445 e. The number of carbonyl (C=O) groups excluding carboxylic acids is 3. The number of amides is 3. The van der Waals surface area contributed by atoms with Gasteiger partial charge in [-0.25, -0.2) is 9.59 Å². The number of likely N-dealkylation sites (N-methyl/N-ethyl adjacent to an activating group) is 1. The topological polar surface area (TPSA) is 149 Å². The van der Waals surface area contributed by atoms with Crippen molar-refractivity contribution in [2.24, 2.45) is 5.92 Å². The van der Waals surface area contributed by atoms with Crippen molar-refractivity contribution in [1.82, 2.24) is 20.9 Å². The fourth-order valence-electron chi connectivity index (χ4n) is 5.36. The molecule has 5 atom stereocenters. The third kappa shape index (κ3) is 13.8. The van der Waals surface area contributed by atoms with E-state index >= 15 is 0 Å². The number of nitrogens with zero attached hydrogens (tertiary/aromatic N) is 1. The minimum Gasteiger partial charge on any atom is -0.445 e. The van der Waals surface area contributed by atoms with Crippen molar-refractivity contribution < 1.29 is 34.1 Å². The molecule has 0 unspecified atom stereocenters. The first-order valence-corrected chi connectivity index (χ1v) is 17.1. The molecule has 0 heterocycles. The number of carbonyl (C=O) groups is 3. The third-order valence-electron chi connectivity index (χ3n) is 8.14. The van der Waals surface area contributed by atoms with Crippen LogP contribution < -0.4 is 16.0 Å². The summed E-state index contributed by atoms with van der Waals surface area (Å²) in [5.74, 6) is -0.732. The van der Waals surface area contributed by atoms with Crippen molar-refractivity contribution in [3.05, 3.63) is 108 Å². The molecule has 3 aromatic rings. The molecule has 0 spiro atoms. The summed E-state index contributed by atoms with van der Waals surface area (Å²) in [6.45, 7) is 9.12. The summed E-state index contributed by atoms with van der Waals surface area (Å²) in [7, 11) is 1.60. The monoisotopic (exact) mass is 690 g/mol. The van der Waals surface area contributed by atoms with Gasteiger partial charge < -0.3 is 40.5 Å². The van der Waals surface area contributed by atoms with E-state index in [1.54, 1.807) is 27.8 Å². The lowest BCUT2D eigenvalue weighted by molar-refractivity contribution is -0.125. The van der Waals surface area contributed by atoms with Gasteiger partial charge in [0.2, 0.25) is 5.91 Å². The Morgan fingerprint density at radius 3 is 1.76 bits per heavy atom. The Bertz CT molecular complexity index is 1450. The van der Waals surface area contributed by atoms with Gasteiger partial charge >= 0.3 is 12.2 Å². The molecular formula is C39H54N4O7. The summed E-state index contributed by atoms with van der Waals surface area (Å²) in [6.07, 6.45) is -2.66. The minimum atomic E-state index is -1.07. The molecule has 5 N–H and O–H groups in total. The maximum Gasteiger partial charge on any atom is 0.410 e. The van der Waals surface area contributed by atoms with Gasteiger partial charge in [0, 0.05) is 20.1 Å². The van der Waals surface area contributed by atoms with Gasteiger partial charge in [-0.3, -0.25) is 4.79 Å². The zero-order chi connectivity index (χ0) is 36.7. The first kappa shape index (κ1) is 40.0. The maximum absolute atomic E-state index is 13.6. The Morgan fingerprint density at radius 2 is 1.24 bits per heavy atom. The van der Waals surface area contributed by atoms with Crippen molar-refractivity contribution in [3.8, 4) is 0 Å². The van der Waals surface area contributed by atoms with Gasteiger partial charge in [-0.05, 0) is 56.2 Å². The molecule has 50 heavy (non-hydrogen) atoms. The molecular weight excluding hydrogens is 636 g/mol. The van der Waals surface area contributed by atoms with Crippen LogP contribution in [0, 0.1) is 5.92 Å². The van der Waals surface area contributed by atoms with E-state index in [0.29, 0.717) is 12.8 Å². The number of alkyl carbamates (subject to hydrolysis) is 1. The number of hydrogen-bond acceptors (Lipinski definition) is 8. The molecule has 3 amide bonds.